The maximum atomic E-state index is 13.3. The third kappa shape index (κ3) is 5.17. The van der Waals surface area contributed by atoms with Crippen LogP contribution in [0.3, 0.4) is 0 Å². The van der Waals surface area contributed by atoms with E-state index in [2.05, 4.69) is 10.3 Å². The molecule has 0 bridgehead atoms. The third-order valence-electron chi connectivity index (χ3n) is 5.51. The third-order valence-corrected chi connectivity index (χ3v) is 8.91. The maximum absolute atomic E-state index is 13.3. The molecule has 2 aliphatic heterocycles. The summed E-state index contributed by atoms with van der Waals surface area (Å²) in [5.74, 6) is -0.976. The molecule has 34 heavy (non-hydrogen) atoms. The Kier molecular flexibility index (Phi) is 6.84. The zero-order valence-corrected chi connectivity index (χ0v) is 20.7. The molecule has 0 spiro atoms. The van der Waals surface area contributed by atoms with Crippen molar-refractivity contribution in [1.82, 2.24) is 0 Å². The van der Waals surface area contributed by atoms with Gasteiger partial charge < -0.3 is 10.2 Å². The number of anilines is 2. The van der Waals surface area contributed by atoms with Crippen molar-refractivity contribution in [3.63, 3.8) is 0 Å². The van der Waals surface area contributed by atoms with Crippen molar-refractivity contribution in [1.29, 1.82) is 0 Å². The second-order valence-electron chi connectivity index (χ2n) is 7.91. The summed E-state index contributed by atoms with van der Waals surface area (Å²) < 4.78 is 64.4. The first-order chi connectivity index (χ1) is 15.9. The summed E-state index contributed by atoms with van der Waals surface area (Å²) in [5, 5.41) is 3.49. The Balaban J connectivity index is 1.60. The van der Waals surface area contributed by atoms with Crippen LogP contribution in [-0.2, 0) is 20.8 Å². The van der Waals surface area contributed by atoms with Crippen LogP contribution >= 0.6 is 35.0 Å². The van der Waals surface area contributed by atoms with Gasteiger partial charge in [0, 0.05) is 10.7 Å². The standard InChI is InChI=1S/C21H18Cl2F3N3O3S2/c1-11-13(22)3-2-4-15(11)27-19(30)8-33-20-28-16-9-34(31,32)10-18(16)29(20)17-7-12(21(24,25)26)5-6-14(17)23/h2-7,16,18H,8-10H2,1H3,(H,27,30)/t16-,18+/m1/s1. The first-order valence-corrected chi connectivity index (χ1v) is 13.5. The molecule has 0 saturated carbocycles. The number of fused-ring (bicyclic) bond motifs is 1. The average Bonchev–Trinajstić information content (AvgIpc) is 3.20. The fourth-order valence-electron chi connectivity index (χ4n) is 3.85. The van der Waals surface area contributed by atoms with E-state index < -0.39 is 33.7 Å². The van der Waals surface area contributed by atoms with Gasteiger partial charge in [-0.15, -0.1) is 0 Å². The van der Waals surface area contributed by atoms with Crippen LogP contribution in [0.2, 0.25) is 10.0 Å². The number of halogens is 5. The van der Waals surface area contributed by atoms with E-state index in [0.29, 0.717) is 16.3 Å². The number of hydrogen-bond acceptors (Lipinski definition) is 6. The molecule has 2 heterocycles. The van der Waals surface area contributed by atoms with E-state index in [-0.39, 0.29) is 39.0 Å². The van der Waals surface area contributed by atoms with E-state index in [0.717, 1.165) is 30.0 Å². The van der Waals surface area contributed by atoms with E-state index in [1.165, 1.54) is 4.90 Å². The minimum atomic E-state index is -4.61. The second-order valence-corrected chi connectivity index (χ2v) is 11.8. The lowest BCUT2D eigenvalue weighted by atomic mass is 10.1. The largest absolute Gasteiger partial charge is 0.416 e. The van der Waals surface area contributed by atoms with Crippen molar-refractivity contribution < 1.29 is 26.4 Å². The molecule has 0 radical (unpaired) electrons. The monoisotopic (exact) mass is 551 g/mol. The first-order valence-electron chi connectivity index (χ1n) is 9.98. The van der Waals surface area contributed by atoms with Crippen LogP contribution in [0.4, 0.5) is 24.5 Å². The molecule has 1 N–H and O–H groups in total. The SMILES string of the molecule is Cc1c(Cl)cccc1NC(=O)CSC1=N[C@@H]2CS(=O)(=O)C[C@@H]2N1c1cc(C(F)(F)F)ccc1Cl. The quantitative estimate of drug-likeness (QED) is 0.576. The van der Waals surface area contributed by atoms with Gasteiger partial charge in [0.1, 0.15) is 0 Å². The zero-order valence-electron chi connectivity index (χ0n) is 17.6. The van der Waals surface area contributed by atoms with Crippen LogP contribution in [0.15, 0.2) is 41.4 Å². The number of amides is 1. The van der Waals surface area contributed by atoms with Gasteiger partial charge in [0.2, 0.25) is 5.91 Å². The molecule has 2 aromatic carbocycles. The fourth-order valence-corrected chi connectivity index (χ4v) is 6.99. The molecule has 1 saturated heterocycles. The van der Waals surface area contributed by atoms with Crippen LogP contribution in [0, 0.1) is 6.92 Å². The molecular weight excluding hydrogens is 534 g/mol. The summed E-state index contributed by atoms with van der Waals surface area (Å²) in [6.07, 6.45) is -4.61. The number of amidine groups is 1. The Morgan fingerprint density at radius 2 is 1.94 bits per heavy atom. The van der Waals surface area contributed by atoms with Gasteiger partial charge in [-0.3, -0.25) is 9.79 Å². The number of benzene rings is 2. The molecule has 0 aliphatic carbocycles. The first kappa shape index (κ1) is 25.2. The number of hydrogen-bond donors (Lipinski definition) is 1. The summed E-state index contributed by atoms with van der Waals surface area (Å²) in [7, 11) is -3.42. The topological polar surface area (TPSA) is 78.8 Å². The van der Waals surface area contributed by atoms with E-state index in [1.54, 1.807) is 25.1 Å². The van der Waals surface area contributed by atoms with Gasteiger partial charge in [-0.1, -0.05) is 41.0 Å². The van der Waals surface area contributed by atoms with E-state index in [1.807, 2.05) is 0 Å². The number of nitrogens with zero attached hydrogens (tertiary/aromatic N) is 2. The van der Waals surface area contributed by atoms with Crippen LogP contribution in [0.1, 0.15) is 11.1 Å². The summed E-state index contributed by atoms with van der Waals surface area (Å²) in [6.45, 7) is 1.76. The molecular formula is C21H18Cl2F3N3O3S2. The number of nitrogens with one attached hydrogen (secondary N) is 1. The highest BCUT2D eigenvalue weighted by atomic mass is 35.5. The van der Waals surface area contributed by atoms with Gasteiger partial charge in [0.25, 0.3) is 0 Å². The molecule has 0 aromatic heterocycles. The number of carbonyl (C=O) groups is 1. The predicted molar refractivity (Wildman–Crippen MR) is 130 cm³/mol. The van der Waals surface area contributed by atoms with Crippen LogP contribution in [0.25, 0.3) is 0 Å². The molecule has 13 heteroatoms. The van der Waals surface area contributed by atoms with Crippen LogP contribution in [-0.4, -0.2) is 48.8 Å². The molecule has 2 aromatic rings. The van der Waals surface area contributed by atoms with Gasteiger partial charge >= 0.3 is 6.18 Å². The highest BCUT2D eigenvalue weighted by Gasteiger charge is 2.48. The highest BCUT2D eigenvalue weighted by molar-refractivity contribution is 8.14. The number of rotatable bonds is 4. The van der Waals surface area contributed by atoms with E-state index in [4.69, 9.17) is 23.2 Å². The summed E-state index contributed by atoms with van der Waals surface area (Å²) >= 11 is 13.3. The lowest BCUT2D eigenvalue weighted by molar-refractivity contribution is -0.137. The Labute approximate surface area is 208 Å². The Hall–Kier alpha value is -1.95. The van der Waals surface area contributed by atoms with Crippen molar-refractivity contribution in [2.45, 2.75) is 25.2 Å². The van der Waals surface area contributed by atoms with E-state index in [9.17, 15) is 26.4 Å². The van der Waals surface area contributed by atoms with Crippen molar-refractivity contribution >= 4 is 67.3 Å². The minimum absolute atomic E-state index is 0.00145. The van der Waals surface area contributed by atoms with Gasteiger partial charge in [-0.05, 0) is 42.8 Å². The maximum Gasteiger partial charge on any atom is 0.416 e. The average molecular weight is 552 g/mol. The Bertz CT molecular complexity index is 1290. The van der Waals surface area contributed by atoms with Crippen molar-refractivity contribution in [3.05, 3.63) is 57.6 Å². The summed E-state index contributed by atoms with van der Waals surface area (Å²) in [5.41, 5.74) is 0.304. The number of sulfone groups is 1. The van der Waals surface area contributed by atoms with E-state index >= 15 is 0 Å². The number of alkyl halides is 3. The molecule has 0 unspecified atom stereocenters. The molecule has 4 rings (SSSR count). The van der Waals surface area contributed by atoms with Crippen molar-refractivity contribution in [2.24, 2.45) is 4.99 Å². The smallest absolute Gasteiger partial charge is 0.325 e. The molecule has 182 valence electrons. The molecule has 6 nitrogen and oxygen atoms in total. The summed E-state index contributed by atoms with van der Waals surface area (Å²) in [6, 6.07) is 6.57. The normalized spacial score (nSPS) is 21.4. The van der Waals surface area contributed by atoms with Gasteiger partial charge in [0.05, 0.1) is 45.6 Å². The fraction of sp³-hybridized carbons (Fsp3) is 0.333. The molecule has 1 amide bonds. The highest BCUT2D eigenvalue weighted by Crippen LogP contribution is 2.41. The predicted octanol–water partition coefficient (Wildman–Crippen LogP) is 5.03. The number of thioether (sulfide) groups is 1. The van der Waals surface area contributed by atoms with Gasteiger partial charge in [0.15, 0.2) is 15.0 Å². The Morgan fingerprint density at radius 1 is 1.21 bits per heavy atom. The van der Waals surface area contributed by atoms with Crippen molar-refractivity contribution in [2.75, 3.05) is 27.5 Å². The molecule has 2 atom stereocenters. The van der Waals surface area contributed by atoms with Crippen LogP contribution in [0.5, 0.6) is 0 Å². The second kappa shape index (κ2) is 9.25. The summed E-state index contributed by atoms with van der Waals surface area (Å²) in [4.78, 5) is 18.4. The molecule has 2 aliphatic rings. The van der Waals surface area contributed by atoms with Gasteiger partial charge in [-0.2, -0.15) is 13.2 Å². The lowest BCUT2D eigenvalue weighted by Gasteiger charge is -2.28. The van der Waals surface area contributed by atoms with Gasteiger partial charge in [-0.25, -0.2) is 8.42 Å². The zero-order chi connectivity index (χ0) is 24.8. The Morgan fingerprint density at radius 3 is 2.65 bits per heavy atom. The van der Waals surface area contributed by atoms with Crippen LogP contribution < -0.4 is 10.2 Å². The lowest BCUT2D eigenvalue weighted by Crippen LogP contribution is -2.39. The van der Waals surface area contributed by atoms with Crippen molar-refractivity contribution in [3.8, 4) is 0 Å². The minimum Gasteiger partial charge on any atom is -0.325 e. The number of aliphatic imine (C=N–C) groups is 1. The molecule has 1 fully saturated rings. The number of carbonyl (C=O) groups excluding carboxylic acids is 1.